The SMILES string of the molecule is CCc1ccc(-n2ncc(C(=O)Nc3ccc(C4CCC(N5CCOCC5)CC4)nc3)c2C)cc1. The highest BCUT2D eigenvalue weighted by atomic mass is 16.5. The van der Waals surface area contributed by atoms with Gasteiger partial charge in [0.05, 0.1) is 48.2 Å². The van der Waals surface area contributed by atoms with E-state index in [1.807, 2.05) is 29.8 Å². The van der Waals surface area contributed by atoms with Gasteiger partial charge in [0.2, 0.25) is 0 Å². The Kier molecular flexibility index (Phi) is 7.25. The molecule has 3 heterocycles. The van der Waals surface area contributed by atoms with Crippen LogP contribution in [0.5, 0.6) is 0 Å². The molecule has 1 aliphatic heterocycles. The van der Waals surface area contributed by atoms with Crippen LogP contribution in [-0.2, 0) is 11.2 Å². The molecular formula is C28H35N5O2. The van der Waals surface area contributed by atoms with Gasteiger partial charge in [0.1, 0.15) is 0 Å². The zero-order valence-electron chi connectivity index (χ0n) is 20.7. The Hall–Kier alpha value is -3.03. The van der Waals surface area contributed by atoms with Crippen LogP contribution in [0.25, 0.3) is 5.69 Å². The molecule has 7 nitrogen and oxygen atoms in total. The summed E-state index contributed by atoms with van der Waals surface area (Å²) in [6.45, 7) is 7.90. The summed E-state index contributed by atoms with van der Waals surface area (Å²) in [4.78, 5) is 20.2. The van der Waals surface area contributed by atoms with E-state index in [-0.39, 0.29) is 5.91 Å². The van der Waals surface area contributed by atoms with Gasteiger partial charge in [0, 0.05) is 30.7 Å². The van der Waals surface area contributed by atoms with Crippen LogP contribution in [0.3, 0.4) is 0 Å². The normalized spacial score (nSPS) is 21.1. The van der Waals surface area contributed by atoms with Gasteiger partial charge in [-0.1, -0.05) is 19.1 Å². The largest absolute Gasteiger partial charge is 0.379 e. The van der Waals surface area contributed by atoms with E-state index >= 15 is 0 Å². The number of ether oxygens (including phenoxy) is 1. The third-order valence-electron chi connectivity index (χ3n) is 7.56. The van der Waals surface area contributed by atoms with E-state index in [2.05, 4.69) is 40.4 Å². The molecule has 7 heteroatoms. The lowest BCUT2D eigenvalue weighted by Crippen LogP contribution is -2.44. The van der Waals surface area contributed by atoms with Crippen LogP contribution in [0.4, 0.5) is 5.69 Å². The first-order valence-electron chi connectivity index (χ1n) is 12.9. The maximum Gasteiger partial charge on any atom is 0.259 e. The van der Waals surface area contributed by atoms with Crippen molar-refractivity contribution in [3.63, 3.8) is 0 Å². The van der Waals surface area contributed by atoms with Gasteiger partial charge in [0.15, 0.2) is 0 Å². The van der Waals surface area contributed by atoms with E-state index in [4.69, 9.17) is 9.72 Å². The molecule has 3 aromatic rings. The second-order valence-corrected chi connectivity index (χ2v) is 9.66. The molecule has 1 N–H and O–H groups in total. The minimum atomic E-state index is -0.167. The summed E-state index contributed by atoms with van der Waals surface area (Å²) in [7, 11) is 0. The second-order valence-electron chi connectivity index (χ2n) is 9.66. The van der Waals surface area contributed by atoms with Gasteiger partial charge < -0.3 is 10.1 Å². The Balaban J connectivity index is 1.18. The summed E-state index contributed by atoms with van der Waals surface area (Å²) in [6.07, 6.45) is 9.17. The van der Waals surface area contributed by atoms with Crippen molar-refractivity contribution in [1.82, 2.24) is 19.7 Å². The Labute approximate surface area is 207 Å². The van der Waals surface area contributed by atoms with Gasteiger partial charge in [-0.2, -0.15) is 5.10 Å². The van der Waals surface area contributed by atoms with E-state index < -0.39 is 0 Å². The van der Waals surface area contributed by atoms with E-state index in [0.29, 0.717) is 23.2 Å². The maximum atomic E-state index is 12.9. The van der Waals surface area contributed by atoms with Crippen LogP contribution >= 0.6 is 0 Å². The first-order chi connectivity index (χ1) is 17.1. The van der Waals surface area contributed by atoms with Crippen molar-refractivity contribution in [2.45, 2.75) is 57.9 Å². The van der Waals surface area contributed by atoms with E-state index in [0.717, 1.165) is 49.8 Å². The molecule has 0 unspecified atom stereocenters. The number of hydrogen-bond donors (Lipinski definition) is 1. The second kappa shape index (κ2) is 10.7. The van der Waals surface area contributed by atoms with Gasteiger partial charge in [0.25, 0.3) is 5.91 Å². The zero-order valence-corrected chi connectivity index (χ0v) is 20.7. The molecule has 2 fully saturated rings. The number of nitrogens with zero attached hydrogens (tertiary/aromatic N) is 4. The number of carbonyl (C=O) groups excluding carboxylic acids is 1. The topological polar surface area (TPSA) is 72.3 Å². The molecule has 5 rings (SSSR count). The molecular weight excluding hydrogens is 438 g/mol. The first kappa shape index (κ1) is 23.7. The van der Waals surface area contributed by atoms with Crippen molar-refractivity contribution in [3.8, 4) is 5.69 Å². The van der Waals surface area contributed by atoms with Crippen LogP contribution in [-0.4, -0.2) is 57.9 Å². The molecule has 0 spiro atoms. The summed E-state index contributed by atoms with van der Waals surface area (Å²) in [5.41, 5.74) is 5.44. The summed E-state index contributed by atoms with van der Waals surface area (Å²) in [5, 5.41) is 7.44. The maximum absolute atomic E-state index is 12.9. The Bertz CT molecular complexity index is 1130. The number of aromatic nitrogens is 3. The number of aryl methyl sites for hydroxylation is 1. The van der Waals surface area contributed by atoms with E-state index in [9.17, 15) is 4.79 Å². The van der Waals surface area contributed by atoms with Crippen LogP contribution in [0.1, 0.15) is 65.8 Å². The number of benzene rings is 1. The Morgan fingerprint density at radius 3 is 2.43 bits per heavy atom. The molecule has 1 saturated carbocycles. The van der Waals surface area contributed by atoms with Crippen molar-refractivity contribution >= 4 is 11.6 Å². The van der Waals surface area contributed by atoms with Crippen molar-refractivity contribution < 1.29 is 9.53 Å². The first-order valence-corrected chi connectivity index (χ1v) is 12.9. The fraction of sp³-hybridized carbons (Fsp3) is 0.464. The predicted octanol–water partition coefficient (Wildman–Crippen LogP) is 4.75. The smallest absolute Gasteiger partial charge is 0.259 e. The fourth-order valence-electron chi connectivity index (χ4n) is 5.36. The Morgan fingerprint density at radius 2 is 1.77 bits per heavy atom. The lowest BCUT2D eigenvalue weighted by molar-refractivity contribution is 0.00721. The van der Waals surface area contributed by atoms with Gasteiger partial charge in [-0.3, -0.25) is 14.7 Å². The minimum Gasteiger partial charge on any atom is -0.379 e. The quantitative estimate of drug-likeness (QED) is 0.559. The minimum absolute atomic E-state index is 0.167. The monoisotopic (exact) mass is 473 g/mol. The van der Waals surface area contributed by atoms with Crippen LogP contribution in [0, 0.1) is 6.92 Å². The van der Waals surface area contributed by atoms with Crippen molar-refractivity contribution in [3.05, 3.63) is 71.3 Å². The number of pyridine rings is 1. The number of nitrogens with one attached hydrogen (secondary N) is 1. The Morgan fingerprint density at radius 1 is 1.03 bits per heavy atom. The standard InChI is InChI=1S/C28H35N5O2/c1-3-21-4-9-25(10-5-21)33-20(2)26(19-30-33)28(34)31-23-8-13-27(29-18-23)22-6-11-24(12-7-22)32-14-16-35-17-15-32/h4-5,8-10,13,18-19,22,24H,3,6-7,11-12,14-17H2,1-2H3,(H,31,34). The van der Waals surface area contributed by atoms with Gasteiger partial charge >= 0.3 is 0 Å². The molecule has 184 valence electrons. The molecule has 1 amide bonds. The van der Waals surface area contributed by atoms with Gasteiger partial charge in [-0.25, -0.2) is 4.68 Å². The van der Waals surface area contributed by atoms with Crippen LogP contribution < -0.4 is 5.32 Å². The number of amides is 1. The highest BCUT2D eigenvalue weighted by Gasteiger charge is 2.28. The molecule has 35 heavy (non-hydrogen) atoms. The molecule has 0 atom stereocenters. The summed E-state index contributed by atoms with van der Waals surface area (Å²) < 4.78 is 7.31. The number of carbonyl (C=O) groups is 1. The highest BCUT2D eigenvalue weighted by Crippen LogP contribution is 2.34. The lowest BCUT2D eigenvalue weighted by Gasteiger charge is -2.38. The van der Waals surface area contributed by atoms with Crippen molar-refractivity contribution in [2.24, 2.45) is 0 Å². The highest BCUT2D eigenvalue weighted by molar-refractivity contribution is 6.04. The number of hydrogen-bond acceptors (Lipinski definition) is 5. The molecule has 2 aromatic heterocycles. The lowest BCUT2D eigenvalue weighted by atomic mass is 9.83. The number of morpholine rings is 1. The van der Waals surface area contributed by atoms with Gasteiger partial charge in [-0.15, -0.1) is 0 Å². The summed E-state index contributed by atoms with van der Waals surface area (Å²) in [6, 6.07) is 13.0. The van der Waals surface area contributed by atoms with Gasteiger partial charge in [-0.05, 0) is 68.9 Å². The van der Waals surface area contributed by atoms with Crippen molar-refractivity contribution in [1.29, 1.82) is 0 Å². The summed E-state index contributed by atoms with van der Waals surface area (Å²) >= 11 is 0. The number of rotatable bonds is 6. The molecule has 2 aliphatic rings. The van der Waals surface area contributed by atoms with E-state index in [1.165, 1.54) is 31.2 Å². The molecule has 1 aromatic carbocycles. The summed E-state index contributed by atoms with van der Waals surface area (Å²) in [5.74, 6) is 0.330. The molecule has 0 radical (unpaired) electrons. The zero-order chi connectivity index (χ0) is 24.2. The molecule has 0 bridgehead atoms. The third-order valence-corrected chi connectivity index (χ3v) is 7.56. The fourth-order valence-corrected chi connectivity index (χ4v) is 5.36. The van der Waals surface area contributed by atoms with Crippen LogP contribution in [0.2, 0.25) is 0 Å². The van der Waals surface area contributed by atoms with Crippen molar-refractivity contribution in [2.75, 3.05) is 31.6 Å². The number of anilines is 1. The third kappa shape index (κ3) is 5.31. The average Bonchev–Trinajstić information content (AvgIpc) is 3.31. The predicted molar refractivity (Wildman–Crippen MR) is 137 cm³/mol. The van der Waals surface area contributed by atoms with Crippen LogP contribution in [0.15, 0.2) is 48.8 Å². The van der Waals surface area contributed by atoms with E-state index in [1.54, 1.807) is 12.4 Å². The average molecular weight is 474 g/mol. The molecule has 1 aliphatic carbocycles. The molecule has 1 saturated heterocycles.